The van der Waals surface area contributed by atoms with Crippen LogP contribution in [0.3, 0.4) is 0 Å². The number of halogens is 8. The molecule has 4 aromatic carbocycles. The Hall–Kier alpha value is -9.55. The molecule has 105 heavy (non-hydrogen) atoms. The summed E-state index contributed by atoms with van der Waals surface area (Å²) in [5.41, 5.74) is 1.11. The zero-order valence-electron chi connectivity index (χ0n) is 58.0. The monoisotopic (exact) mass is 1460 g/mol. The highest BCUT2D eigenvalue weighted by Crippen LogP contribution is 2.39. The number of hydrogen-bond acceptors (Lipinski definition) is 15. The van der Waals surface area contributed by atoms with Gasteiger partial charge in [0.2, 0.25) is 0 Å². The average Bonchev–Trinajstić information content (AvgIpc) is 0.775. The van der Waals surface area contributed by atoms with E-state index in [4.69, 9.17) is 14.2 Å². The Balaban J connectivity index is 0.000000124. The van der Waals surface area contributed by atoms with Gasteiger partial charge in [-0.05, 0) is 113 Å². The lowest BCUT2D eigenvalue weighted by Gasteiger charge is -2.42. The molecule has 0 bridgehead atoms. The van der Waals surface area contributed by atoms with Crippen LogP contribution in [0.4, 0.5) is 52.6 Å². The molecule has 22 nitrogen and oxygen atoms in total. The maximum atomic E-state index is 14.9. The van der Waals surface area contributed by atoms with Crippen LogP contribution in [0.2, 0.25) is 0 Å². The van der Waals surface area contributed by atoms with Gasteiger partial charge in [-0.15, -0.1) is 0 Å². The first-order valence-electron chi connectivity index (χ1n) is 35.9. The van der Waals surface area contributed by atoms with Crippen LogP contribution in [0, 0.1) is 37.1 Å². The van der Waals surface area contributed by atoms with E-state index < -0.39 is 106 Å². The van der Waals surface area contributed by atoms with E-state index in [0.717, 1.165) is 56.1 Å². The second-order valence-corrected chi connectivity index (χ2v) is 28.2. The second kappa shape index (κ2) is 32.0. The standard InChI is InChI=1S/C20H23F2N3O2.C19H21F2N3O3.C18H19F2N3O3.C18H21F2N3O2/c1-11-7-8-15(21)13(9-11)17-16(22)10-14-18(23-17)24-20(27)25(19(14)26)12-5-3-2-4-6-12;1-10-2-3-14(20)12(8-10)16-15(21)9-13-17(22-16)23-19(26)24(18(13)25)11-4-6-27-7-5-11;19-11-3-1-2-10(8-11)15-14(20)9-13-16(21-15)22-18(25)23(17(13)24)12-4-6-26-7-5-12;19-12-3-1-2-11(8-12)16-15(20)9-14-17(22-16)21-10-23(18(14)24)13-4-6-25-7-5-13/h7-9,12,16-17,23H,2-6,10H2,1H3,(H,24,27);2-3,8,11,15-16,22H,4-7,9H2,1H3,(H,23,26);1-3,8,12,14-15,21H,4-7,9H2,(H,22,25);1-3,8,13,15-16,21-22H,4-7,9-10H2/t16-,17-;15-,16+;14-,15-;15-,16+/m0101/s1. The van der Waals surface area contributed by atoms with Gasteiger partial charge in [0, 0.05) is 101 Å². The van der Waals surface area contributed by atoms with Gasteiger partial charge in [-0.25, -0.2) is 49.5 Å². The van der Waals surface area contributed by atoms with Crippen molar-refractivity contribution in [2.24, 2.45) is 0 Å². The Morgan fingerprint density at radius 1 is 0.410 bits per heavy atom. The summed E-state index contributed by atoms with van der Waals surface area (Å²) < 4.78 is 134. The Labute approximate surface area is 597 Å². The molecule has 560 valence electrons. The fourth-order valence-electron chi connectivity index (χ4n) is 15.7. The number of aryl methyl sites for hydroxylation is 2. The van der Waals surface area contributed by atoms with Gasteiger partial charge >= 0.3 is 17.1 Å². The van der Waals surface area contributed by atoms with Gasteiger partial charge in [-0.3, -0.25) is 47.8 Å². The maximum absolute atomic E-state index is 14.9. The van der Waals surface area contributed by atoms with Gasteiger partial charge < -0.3 is 45.7 Å². The Morgan fingerprint density at radius 3 is 1.20 bits per heavy atom. The predicted octanol–water partition coefficient (Wildman–Crippen LogP) is 9.97. The van der Waals surface area contributed by atoms with Crippen LogP contribution >= 0.6 is 0 Å². The number of fused-ring (bicyclic) bond motifs is 3. The lowest BCUT2D eigenvalue weighted by atomic mass is 9.91. The van der Waals surface area contributed by atoms with Crippen molar-refractivity contribution in [2.45, 2.75) is 183 Å². The first-order chi connectivity index (χ1) is 50.6. The van der Waals surface area contributed by atoms with Crippen molar-refractivity contribution in [1.82, 2.24) is 44.2 Å². The second-order valence-electron chi connectivity index (χ2n) is 28.2. The third kappa shape index (κ3) is 15.9. The summed E-state index contributed by atoms with van der Waals surface area (Å²) >= 11 is 0. The number of nitrogens with one attached hydrogen (secondary N) is 8. The van der Waals surface area contributed by atoms with Crippen molar-refractivity contribution in [3.63, 3.8) is 0 Å². The van der Waals surface area contributed by atoms with Crippen LogP contribution in [-0.2, 0) is 38.3 Å². The molecule has 0 unspecified atom stereocenters. The van der Waals surface area contributed by atoms with Gasteiger partial charge in [0.15, 0.2) is 0 Å². The van der Waals surface area contributed by atoms with Crippen molar-refractivity contribution in [2.75, 3.05) is 62.3 Å². The summed E-state index contributed by atoms with van der Waals surface area (Å²) in [4.78, 5) is 98.7. The molecule has 0 spiro atoms. The number of aromatic nitrogens is 6. The lowest BCUT2D eigenvalue weighted by Crippen LogP contribution is -2.56. The zero-order valence-corrected chi connectivity index (χ0v) is 58.0. The number of aromatic amines is 3. The van der Waals surface area contributed by atoms with Crippen molar-refractivity contribution in [3.05, 3.63) is 232 Å². The first kappa shape index (κ1) is 73.8. The van der Waals surface area contributed by atoms with E-state index in [0.29, 0.717) is 94.5 Å². The minimum absolute atomic E-state index is 0.0229. The number of alkyl halides is 4. The van der Waals surface area contributed by atoms with Crippen LogP contribution in [0.25, 0.3) is 0 Å². The van der Waals surface area contributed by atoms with Crippen LogP contribution in [-0.4, -0.2) is 116 Å². The van der Waals surface area contributed by atoms with Crippen molar-refractivity contribution in [3.8, 4) is 0 Å². The maximum Gasteiger partial charge on any atom is 0.330 e. The average molecular weight is 1470 g/mol. The largest absolute Gasteiger partial charge is 0.381 e. The topological polar surface area (TPSA) is 273 Å². The number of amides is 1. The van der Waals surface area contributed by atoms with Gasteiger partial charge in [0.1, 0.15) is 71.2 Å². The number of H-pyrrole nitrogens is 3. The fraction of sp³-hybridized carbons (Fsp3) is 0.480. The molecular weight excluding hydrogens is 1380 g/mol. The van der Waals surface area contributed by atoms with E-state index in [1.165, 1.54) is 56.2 Å². The highest BCUT2D eigenvalue weighted by atomic mass is 19.2. The minimum Gasteiger partial charge on any atom is -0.381 e. The molecule has 8 atom stereocenters. The fourth-order valence-corrected chi connectivity index (χ4v) is 15.7. The third-order valence-corrected chi connectivity index (χ3v) is 21.3. The SMILES string of the molecule is Cc1ccc(F)c([C@@H]2Nc3[nH]c(=O)n(C4CCCCC4)c(=O)c3C[C@@H]2F)c1.Cc1ccc(F)c([C@@H]2Nc3[nH]c(=O)n(C4CCOCC4)c(=O)c3C[C@H]2F)c1.O=C1C2=C(NCN1C1CCOCC1)N[C@@H](c1cccc(F)c1)[C@H](F)C2.O=c1[nH]c2c(c(=O)n1C1CCOCC1)C[C@H](F)[C@H](c1cccc(F)c1)N2. The van der Waals surface area contributed by atoms with Crippen LogP contribution in [0.1, 0.15) is 169 Å². The van der Waals surface area contributed by atoms with E-state index in [9.17, 15) is 68.7 Å². The molecule has 8 aliphatic heterocycles. The molecule has 8 N–H and O–H groups in total. The third-order valence-electron chi connectivity index (χ3n) is 21.3. The minimum atomic E-state index is -1.49. The van der Waals surface area contributed by atoms with E-state index in [1.807, 2.05) is 0 Å². The van der Waals surface area contributed by atoms with E-state index in [-0.39, 0.29) is 101 Å². The molecule has 11 heterocycles. The number of carbonyl (C=O) groups is 1. The number of anilines is 3. The van der Waals surface area contributed by atoms with Crippen molar-refractivity contribution in [1.29, 1.82) is 0 Å². The molecule has 9 aliphatic rings. The van der Waals surface area contributed by atoms with Crippen molar-refractivity contribution < 1.29 is 54.1 Å². The smallest absolute Gasteiger partial charge is 0.330 e. The number of nitrogens with zero attached hydrogens (tertiary/aromatic N) is 4. The van der Waals surface area contributed by atoms with Gasteiger partial charge in [0.25, 0.3) is 22.6 Å². The summed E-state index contributed by atoms with van der Waals surface area (Å²) in [6, 6.07) is 16.6. The molecule has 4 fully saturated rings. The summed E-state index contributed by atoms with van der Waals surface area (Å²) in [5.74, 6) is -0.860. The molecule has 1 amide bonds. The highest BCUT2D eigenvalue weighted by Gasteiger charge is 2.42. The zero-order chi connectivity index (χ0) is 73.9. The van der Waals surface area contributed by atoms with Gasteiger partial charge in [-0.2, -0.15) is 0 Å². The predicted molar refractivity (Wildman–Crippen MR) is 375 cm³/mol. The number of benzene rings is 4. The summed E-state index contributed by atoms with van der Waals surface area (Å²) in [6.07, 6.45) is 2.38. The van der Waals surface area contributed by atoms with Crippen LogP contribution < -0.4 is 60.3 Å². The summed E-state index contributed by atoms with van der Waals surface area (Å²) in [7, 11) is 0. The number of rotatable bonds is 8. The molecule has 3 saturated heterocycles. The molecule has 7 aromatic rings. The van der Waals surface area contributed by atoms with E-state index >= 15 is 0 Å². The first-order valence-corrected chi connectivity index (χ1v) is 35.9. The van der Waals surface area contributed by atoms with Crippen LogP contribution in [0.15, 0.2) is 125 Å². The number of ether oxygens (including phenoxy) is 3. The lowest BCUT2D eigenvalue weighted by molar-refractivity contribution is -0.133. The molecule has 0 radical (unpaired) electrons. The molecule has 1 saturated carbocycles. The Bertz CT molecular complexity index is 4610. The van der Waals surface area contributed by atoms with Gasteiger partial charge in [0.05, 0.1) is 53.1 Å². The van der Waals surface area contributed by atoms with Gasteiger partial charge in [-0.1, -0.05) is 78.9 Å². The quantitative estimate of drug-likeness (QED) is 0.0658. The summed E-state index contributed by atoms with van der Waals surface area (Å²) in [5, 5.41) is 14.8. The van der Waals surface area contributed by atoms with Crippen LogP contribution in [0.5, 0.6) is 0 Å². The molecule has 16 rings (SSSR count). The summed E-state index contributed by atoms with van der Waals surface area (Å²) in [6.45, 7) is 7.20. The van der Waals surface area contributed by atoms with Crippen molar-refractivity contribution >= 4 is 23.4 Å². The molecule has 1 aliphatic carbocycles. The van der Waals surface area contributed by atoms with E-state index in [2.05, 4.69) is 41.5 Å². The normalized spacial score (nSPS) is 24.1. The molecule has 3 aromatic heterocycles. The number of carbonyl (C=O) groups excluding carboxylic acids is 1. The van der Waals surface area contributed by atoms with E-state index in [1.54, 1.807) is 61.2 Å². The number of hydrogen-bond donors (Lipinski definition) is 8. The highest BCUT2D eigenvalue weighted by molar-refractivity contribution is 5.95. The molecule has 30 heteroatoms. The molecular formula is C75H84F8N12O10. The Kier molecular flexibility index (Phi) is 22.5. The Morgan fingerprint density at radius 2 is 0.781 bits per heavy atom.